The molecule has 0 saturated heterocycles. The van der Waals surface area contributed by atoms with Crippen LogP contribution >= 0.6 is 15.9 Å². The van der Waals surface area contributed by atoms with Gasteiger partial charge in [0.15, 0.2) is 0 Å². The molecule has 0 spiro atoms. The Morgan fingerprint density at radius 3 is 2.20 bits per heavy atom. The number of halogens is 3. The molecule has 1 aliphatic carbocycles. The van der Waals surface area contributed by atoms with Gasteiger partial charge in [-0.25, -0.2) is 8.78 Å². The zero-order valence-electron chi connectivity index (χ0n) is 12.0. The van der Waals surface area contributed by atoms with Gasteiger partial charge in [0.25, 0.3) is 0 Å². The molecule has 0 aromatic heterocycles. The standard InChI is InChI=1S/C16H22BrF2N/c1-9(2)10-3-5-11(6-4-10)16(20)14-13(18)8-7-12(17)15(14)19/h7-11,16H,3-6,20H2,1-2H3. The molecular weight excluding hydrogens is 324 g/mol. The molecular formula is C16H22BrF2N. The maximum atomic E-state index is 14.1. The Labute approximate surface area is 128 Å². The van der Waals surface area contributed by atoms with E-state index in [-0.39, 0.29) is 16.0 Å². The first-order chi connectivity index (χ1) is 9.41. The number of hydrogen-bond acceptors (Lipinski definition) is 1. The highest BCUT2D eigenvalue weighted by Crippen LogP contribution is 2.40. The van der Waals surface area contributed by atoms with Gasteiger partial charge in [-0.1, -0.05) is 13.8 Å². The molecule has 2 rings (SSSR count). The van der Waals surface area contributed by atoms with E-state index in [1.807, 2.05) is 0 Å². The summed E-state index contributed by atoms with van der Waals surface area (Å²) in [6.07, 6.45) is 4.12. The Balaban J connectivity index is 2.13. The van der Waals surface area contributed by atoms with Crippen molar-refractivity contribution < 1.29 is 8.78 Å². The fourth-order valence-corrected chi connectivity index (χ4v) is 3.60. The molecule has 1 atom stereocenters. The molecule has 0 aliphatic heterocycles. The van der Waals surface area contributed by atoms with Crippen molar-refractivity contribution in [1.82, 2.24) is 0 Å². The molecule has 0 bridgehead atoms. The number of nitrogens with two attached hydrogens (primary N) is 1. The highest BCUT2D eigenvalue weighted by Gasteiger charge is 2.31. The summed E-state index contributed by atoms with van der Waals surface area (Å²) in [7, 11) is 0. The molecule has 1 aromatic carbocycles. The number of hydrogen-bond donors (Lipinski definition) is 1. The van der Waals surface area contributed by atoms with Crippen LogP contribution in [0.5, 0.6) is 0 Å². The molecule has 1 fully saturated rings. The average Bonchev–Trinajstić information content (AvgIpc) is 2.43. The van der Waals surface area contributed by atoms with Crippen LogP contribution in [0.2, 0.25) is 0 Å². The van der Waals surface area contributed by atoms with E-state index in [1.165, 1.54) is 12.1 Å². The maximum Gasteiger partial charge on any atom is 0.145 e. The zero-order valence-corrected chi connectivity index (χ0v) is 13.6. The van der Waals surface area contributed by atoms with Crippen molar-refractivity contribution in [2.24, 2.45) is 23.5 Å². The Bertz CT molecular complexity index is 468. The van der Waals surface area contributed by atoms with E-state index in [0.29, 0.717) is 5.92 Å². The van der Waals surface area contributed by atoms with E-state index in [1.54, 1.807) is 0 Å². The lowest BCUT2D eigenvalue weighted by Gasteiger charge is -2.34. The third-order valence-electron chi connectivity index (χ3n) is 4.68. The minimum absolute atomic E-state index is 0.0346. The smallest absolute Gasteiger partial charge is 0.145 e. The summed E-state index contributed by atoms with van der Waals surface area (Å²) >= 11 is 3.10. The first kappa shape index (κ1) is 15.9. The molecule has 0 heterocycles. The van der Waals surface area contributed by atoms with Crippen LogP contribution in [0.15, 0.2) is 16.6 Å². The second kappa shape index (κ2) is 6.52. The van der Waals surface area contributed by atoms with Gasteiger partial charge in [-0.15, -0.1) is 0 Å². The zero-order chi connectivity index (χ0) is 14.9. The van der Waals surface area contributed by atoms with Crippen LogP contribution in [0.3, 0.4) is 0 Å². The lowest BCUT2D eigenvalue weighted by Crippen LogP contribution is -2.29. The minimum Gasteiger partial charge on any atom is -0.324 e. The summed E-state index contributed by atoms with van der Waals surface area (Å²) in [5, 5.41) is 0. The number of benzene rings is 1. The topological polar surface area (TPSA) is 26.0 Å². The summed E-state index contributed by atoms with van der Waals surface area (Å²) < 4.78 is 28.3. The van der Waals surface area contributed by atoms with Gasteiger partial charge in [0.2, 0.25) is 0 Å². The van der Waals surface area contributed by atoms with E-state index in [9.17, 15) is 8.78 Å². The van der Waals surface area contributed by atoms with Crippen LogP contribution in [-0.2, 0) is 0 Å². The van der Waals surface area contributed by atoms with Crippen molar-refractivity contribution in [1.29, 1.82) is 0 Å². The van der Waals surface area contributed by atoms with Gasteiger partial charge in [-0.05, 0) is 71.5 Å². The molecule has 1 aliphatic rings. The second-order valence-corrected chi connectivity index (χ2v) is 7.06. The van der Waals surface area contributed by atoms with Crippen molar-refractivity contribution in [2.75, 3.05) is 0 Å². The van der Waals surface area contributed by atoms with Crippen molar-refractivity contribution in [2.45, 2.75) is 45.6 Å². The van der Waals surface area contributed by atoms with Crippen LogP contribution in [0.25, 0.3) is 0 Å². The normalized spacial score (nSPS) is 24.9. The summed E-state index contributed by atoms with van der Waals surface area (Å²) in [5.74, 6) is 0.470. The van der Waals surface area contributed by atoms with Crippen LogP contribution in [0, 0.1) is 29.4 Å². The predicted octanol–water partition coefficient (Wildman–Crippen LogP) is 5.19. The SMILES string of the molecule is CC(C)C1CCC(C(N)c2c(F)ccc(Br)c2F)CC1. The molecule has 1 nitrogen and oxygen atoms in total. The van der Waals surface area contributed by atoms with Gasteiger partial charge in [-0.3, -0.25) is 0 Å². The monoisotopic (exact) mass is 345 g/mol. The molecule has 1 unspecified atom stereocenters. The lowest BCUT2D eigenvalue weighted by molar-refractivity contribution is 0.200. The molecule has 1 saturated carbocycles. The summed E-state index contributed by atoms with van der Waals surface area (Å²) in [6, 6.07) is 2.11. The summed E-state index contributed by atoms with van der Waals surface area (Å²) in [4.78, 5) is 0. The molecule has 0 amide bonds. The van der Waals surface area contributed by atoms with E-state index >= 15 is 0 Å². The van der Waals surface area contributed by atoms with E-state index in [0.717, 1.165) is 31.6 Å². The Kier molecular flexibility index (Phi) is 5.19. The van der Waals surface area contributed by atoms with Crippen LogP contribution in [-0.4, -0.2) is 0 Å². The Hall–Kier alpha value is -0.480. The quantitative estimate of drug-likeness (QED) is 0.749. The Morgan fingerprint density at radius 2 is 1.65 bits per heavy atom. The second-order valence-electron chi connectivity index (χ2n) is 6.20. The van der Waals surface area contributed by atoms with Gasteiger partial charge in [0.05, 0.1) is 4.47 Å². The van der Waals surface area contributed by atoms with Gasteiger partial charge in [-0.2, -0.15) is 0 Å². The molecule has 0 radical (unpaired) electrons. The molecule has 4 heteroatoms. The first-order valence-corrected chi connectivity index (χ1v) is 8.10. The van der Waals surface area contributed by atoms with Crippen LogP contribution < -0.4 is 5.73 Å². The predicted molar refractivity (Wildman–Crippen MR) is 81.3 cm³/mol. The molecule has 2 N–H and O–H groups in total. The highest BCUT2D eigenvalue weighted by atomic mass is 79.9. The van der Waals surface area contributed by atoms with E-state index in [4.69, 9.17) is 5.73 Å². The van der Waals surface area contributed by atoms with Gasteiger partial charge in [0.1, 0.15) is 11.6 Å². The lowest BCUT2D eigenvalue weighted by atomic mass is 9.73. The average molecular weight is 346 g/mol. The van der Waals surface area contributed by atoms with Gasteiger partial charge < -0.3 is 5.73 Å². The van der Waals surface area contributed by atoms with Crippen molar-refractivity contribution in [3.63, 3.8) is 0 Å². The fraction of sp³-hybridized carbons (Fsp3) is 0.625. The highest BCUT2D eigenvalue weighted by molar-refractivity contribution is 9.10. The van der Waals surface area contributed by atoms with E-state index < -0.39 is 17.7 Å². The van der Waals surface area contributed by atoms with Gasteiger partial charge in [0, 0.05) is 11.6 Å². The maximum absolute atomic E-state index is 14.1. The number of rotatable bonds is 3. The Morgan fingerprint density at radius 1 is 1.10 bits per heavy atom. The van der Waals surface area contributed by atoms with Crippen molar-refractivity contribution in [3.05, 3.63) is 33.8 Å². The summed E-state index contributed by atoms with van der Waals surface area (Å²) in [6.45, 7) is 4.47. The van der Waals surface area contributed by atoms with Crippen LogP contribution in [0.1, 0.15) is 51.1 Å². The third-order valence-corrected chi connectivity index (χ3v) is 5.29. The van der Waals surface area contributed by atoms with Crippen molar-refractivity contribution >= 4 is 15.9 Å². The van der Waals surface area contributed by atoms with Gasteiger partial charge >= 0.3 is 0 Å². The minimum atomic E-state index is -0.555. The molecule has 1 aromatic rings. The van der Waals surface area contributed by atoms with Crippen molar-refractivity contribution in [3.8, 4) is 0 Å². The fourth-order valence-electron chi connectivity index (χ4n) is 3.25. The van der Waals surface area contributed by atoms with E-state index in [2.05, 4.69) is 29.8 Å². The largest absolute Gasteiger partial charge is 0.324 e. The molecule has 112 valence electrons. The third kappa shape index (κ3) is 3.22. The summed E-state index contributed by atoms with van der Waals surface area (Å²) in [5.41, 5.74) is 6.20. The first-order valence-electron chi connectivity index (χ1n) is 7.30. The molecule has 20 heavy (non-hydrogen) atoms. The van der Waals surface area contributed by atoms with Crippen LogP contribution in [0.4, 0.5) is 8.78 Å².